The molecule has 22 heavy (non-hydrogen) atoms. The number of para-hydroxylation sites is 1. The monoisotopic (exact) mass is 301 g/mol. The standard InChI is InChI=1S/C17H23N3O2/c1-4-17(16(18)22,20(5-2)6-3)12-19-11-15(21)13-9-7-8-10-14(13)19/h4,7-11,21H,1,5-6,12H2,2-3H3,(H2,18,22). The summed E-state index contributed by atoms with van der Waals surface area (Å²) in [6.45, 7) is 9.47. The zero-order chi connectivity index (χ0) is 16.3. The highest BCUT2D eigenvalue weighted by Gasteiger charge is 2.39. The molecule has 0 bridgehead atoms. The van der Waals surface area contributed by atoms with Crippen LogP contribution in [-0.4, -0.2) is 39.1 Å². The summed E-state index contributed by atoms with van der Waals surface area (Å²) in [5.74, 6) is -0.249. The lowest BCUT2D eigenvalue weighted by atomic mass is 9.95. The third-order valence-electron chi connectivity index (χ3n) is 4.27. The fourth-order valence-electron chi connectivity index (χ4n) is 3.03. The average Bonchev–Trinajstić information content (AvgIpc) is 2.83. The Hall–Kier alpha value is -2.27. The van der Waals surface area contributed by atoms with Crippen LogP contribution in [0.25, 0.3) is 10.9 Å². The van der Waals surface area contributed by atoms with Crippen LogP contribution in [0.2, 0.25) is 0 Å². The van der Waals surface area contributed by atoms with Gasteiger partial charge in [0.05, 0.1) is 12.1 Å². The van der Waals surface area contributed by atoms with E-state index < -0.39 is 11.4 Å². The van der Waals surface area contributed by atoms with Crippen molar-refractivity contribution in [3.8, 4) is 5.75 Å². The maximum absolute atomic E-state index is 12.2. The van der Waals surface area contributed by atoms with Crippen LogP contribution in [0.1, 0.15) is 13.8 Å². The van der Waals surface area contributed by atoms with Crippen LogP contribution in [0.3, 0.4) is 0 Å². The average molecular weight is 301 g/mol. The van der Waals surface area contributed by atoms with E-state index in [0.29, 0.717) is 19.6 Å². The molecule has 0 aliphatic heterocycles. The van der Waals surface area contributed by atoms with Gasteiger partial charge in [-0.05, 0) is 25.2 Å². The van der Waals surface area contributed by atoms with Crippen molar-refractivity contribution in [2.75, 3.05) is 13.1 Å². The molecule has 1 amide bonds. The summed E-state index contributed by atoms with van der Waals surface area (Å²) in [4.78, 5) is 14.2. The van der Waals surface area contributed by atoms with Gasteiger partial charge in [0, 0.05) is 11.6 Å². The molecule has 0 radical (unpaired) electrons. The second kappa shape index (κ2) is 6.23. The molecule has 1 heterocycles. The lowest BCUT2D eigenvalue weighted by molar-refractivity contribution is -0.128. The zero-order valence-corrected chi connectivity index (χ0v) is 13.1. The Balaban J connectivity index is 2.55. The summed E-state index contributed by atoms with van der Waals surface area (Å²) in [5.41, 5.74) is 5.58. The molecule has 3 N–H and O–H groups in total. The number of primary amides is 1. The summed E-state index contributed by atoms with van der Waals surface area (Å²) in [7, 11) is 0. The van der Waals surface area contributed by atoms with Crippen molar-refractivity contribution >= 4 is 16.8 Å². The third-order valence-corrected chi connectivity index (χ3v) is 4.27. The fourth-order valence-corrected chi connectivity index (χ4v) is 3.03. The van der Waals surface area contributed by atoms with Crippen LogP contribution in [0, 0.1) is 0 Å². The van der Waals surface area contributed by atoms with Crippen LogP contribution in [0.15, 0.2) is 43.1 Å². The number of nitrogens with two attached hydrogens (primary N) is 1. The molecular formula is C17H23N3O2. The number of hydrogen-bond donors (Lipinski definition) is 2. The summed E-state index contributed by atoms with van der Waals surface area (Å²) >= 11 is 0. The maximum atomic E-state index is 12.2. The molecule has 1 aromatic heterocycles. The SMILES string of the molecule is C=CC(Cn1cc(O)c2ccccc21)(C(N)=O)N(CC)CC. The molecule has 0 saturated heterocycles. The van der Waals surface area contributed by atoms with Crippen molar-refractivity contribution in [2.24, 2.45) is 5.73 Å². The zero-order valence-electron chi connectivity index (χ0n) is 13.1. The molecule has 5 heteroatoms. The predicted octanol–water partition coefficient (Wildman–Crippen LogP) is 2.10. The molecule has 0 aliphatic rings. The molecule has 0 saturated carbocycles. The van der Waals surface area contributed by atoms with Gasteiger partial charge in [0.25, 0.3) is 0 Å². The van der Waals surface area contributed by atoms with E-state index in [1.807, 2.05) is 47.6 Å². The minimum absolute atomic E-state index is 0.192. The van der Waals surface area contributed by atoms with Crippen molar-refractivity contribution in [3.63, 3.8) is 0 Å². The number of carbonyl (C=O) groups excluding carboxylic acids is 1. The van der Waals surface area contributed by atoms with Crippen LogP contribution in [0.4, 0.5) is 0 Å². The van der Waals surface area contributed by atoms with Gasteiger partial charge in [0.1, 0.15) is 11.3 Å². The highest BCUT2D eigenvalue weighted by molar-refractivity contribution is 5.89. The number of rotatable bonds is 7. The molecule has 0 aliphatic carbocycles. The molecule has 1 atom stereocenters. The molecule has 118 valence electrons. The molecule has 1 aromatic carbocycles. The maximum Gasteiger partial charge on any atom is 0.243 e. The topological polar surface area (TPSA) is 71.5 Å². The summed E-state index contributed by atoms with van der Waals surface area (Å²) in [5, 5.41) is 10.8. The smallest absolute Gasteiger partial charge is 0.243 e. The largest absolute Gasteiger partial charge is 0.506 e. The van der Waals surface area contributed by atoms with E-state index in [9.17, 15) is 9.90 Å². The van der Waals surface area contributed by atoms with Gasteiger partial charge in [0.2, 0.25) is 5.91 Å². The number of benzene rings is 1. The summed E-state index contributed by atoms with van der Waals surface area (Å²) < 4.78 is 1.86. The van der Waals surface area contributed by atoms with Crippen LogP contribution >= 0.6 is 0 Å². The first-order chi connectivity index (χ1) is 10.5. The van der Waals surface area contributed by atoms with Gasteiger partial charge < -0.3 is 15.4 Å². The quantitative estimate of drug-likeness (QED) is 0.769. The predicted molar refractivity (Wildman–Crippen MR) is 88.6 cm³/mol. The Labute approximate surface area is 130 Å². The molecule has 0 spiro atoms. The van der Waals surface area contributed by atoms with Crippen LogP contribution in [-0.2, 0) is 11.3 Å². The van der Waals surface area contributed by atoms with E-state index >= 15 is 0 Å². The van der Waals surface area contributed by atoms with Crippen molar-refractivity contribution < 1.29 is 9.90 Å². The van der Waals surface area contributed by atoms with Gasteiger partial charge in [-0.15, -0.1) is 6.58 Å². The lowest BCUT2D eigenvalue weighted by Gasteiger charge is -2.38. The number of amides is 1. The van der Waals surface area contributed by atoms with Crippen molar-refractivity contribution in [1.82, 2.24) is 9.47 Å². The van der Waals surface area contributed by atoms with E-state index in [1.165, 1.54) is 0 Å². The van der Waals surface area contributed by atoms with Gasteiger partial charge in [-0.1, -0.05) is 32.1 Å². The van der Waals surface area contributed by atoms with Gasteiger partial charge in [-0.25, -0.2) is 0 Å². The van der Waals surface area contributed by atoms with Crippen LogP contribution in [0.5, 0.6) is 5.75 Å². The van der Waals surface area contributed by atoms with Crippen molar-refractivity contribution in [1.29, 1.82) is 0 Å². The number of aromatic nitrogens is 1. The number of carbonyl (C=O) groups is 1. The molecular weight excluding hydrogens is 278 g/mol. The molecule has 5 nitrogen and oxygen atoms in total. The fraction of sp³-hybridized carbons (Fsp3) is 0.353. The molecule has 2 aromatic rings. The summed E-state index contributed by atoms with van der Waals surface area (Å²) in [6.07, 6.45) is 3.24. The summed E-state index contributed by atoms with van der Waals surface area (Å²) in [6, 6.07) is 7.52. The van der Waals surface area contributed by atoms with Gasteiger partial charge in [-0.3, -0.25) is 9.69 Å². The number of hydrogen-bond acceptors (Lipinski definition) is 3. The molecule has 2 rings (SSSR count). The second-order valence-electron chi connectivity index (χ2n) is 5.32. The van der Waals surface area contributed by atoms with E-state index in [0.717, 1.165) is 10.9 Å². The Morgan fingerprint density at radius 3 is 2.59 bits per heavy atom. The van der Waals surface area contributed by atoms with Crippen LogP contribution < -0.4 is 5.73 Å². The number of fused-ring (bicyclic) bond motifs is 1. The Morgan fingerprint density at radius 1 is 1.41 bits per heavy atom. The van der Waals surface area contributed by atoms with E-state index in [4.69, 9.17) is 5.73 Å². The number of nitrogens with zero attached hydrogens (tertiary/aromatic N) is 2. The Bertz CT molecular complexity index is 688. The van der Waals surface area contributed by atoms with Crippen molar-refractivity contribution in [2.45, 2.75) is 25.9 Å². The van der Waals surface area contributed by atoms with E-state index in [1.54, 1.807) is 12.3 Å². The molecule has 1 unspecified atom stereocenters. The van der Waals surface area contributed by atoms with E-state index in [-0.39, 0.29) is 5.75 Å². The minimum Gasteiger partial charge on any atom is -0.506 e. The van der Waals surface area contributed by atoms with Gasteiger partial charge in [-0.2, -0.15) is 0 Å². The lowest BCUT2D eigenvalue weighted by Crippen LogP contribution is -2.58. The third kappa shape index (κ3) is 2.48. The first kappa shape index (κ1) is 16.1. The number of aromatic hydroxyl groups is 1. The highest BCUT2D eigenvalue weighted by Crippen LogP contribution is 2.29. The first-order valence-corrected chi connectivity index (χ1v) is 7.45. The van der Waals surface area contributed by atoms with Gasteiger partial charge >= 0.3 is 0 Å². The Morgan fingerprint density at radius 2 is 2.05 bits per heavy atom. The Kier molecular flexibility index (Phi) is 4.56. The molecule has 0 fully saturated rings. The normalized spacial score (nSPS) is 14.1. The van der Waals surface area contributed by atoms with Crippen molar-refractivity contribution in [3.05, 3.63) is 43.1 Å². The minimum atomic E-state index is -0.988. The number of likely N-dealkylation sites (N-methyl/N-ethyl adjacent to an activating group) is 1. The van der Waals surface area contributed by atoms with E-state index in [2.05, 4.69) is 6.58 Å². The van der Waals surface area contributed by atoms with Gasteiger partial charge in [0.15, 0.2) is 0 Å². The first-order valence-electron chi connectivity index (χ1n) is 7.45. The highest BCUT2D eigenvalue weighted by atomic mass is 16.3. The second-order valence-corrected chi connectivity index (χ2v) is 5.32.